The van der Waals surface area contributed by atoms with Crippen LogP contribution in [0.5, 0.6) is 0 Å². The molecule has 4 rings (SSSR count). The lowest BCUT2D eigenvalue weighted by Crippen LogP contribution is -2.30. The topological polar surface area (TPSA) is 101 Å². The summed E-state index contributed by atoms with van der Waals surface area (Å²) in [5, 5.41) is 18.5. The lowest BCUT2D eigenvalue weighted by atomic mass is 10.1. The summed E-state index contributed by atoms with van der Waals surface area (Å²) < 4.78 is 0. The van der Waals surface area contributed by atoms with Gasteiger partial charge in [0.05, 0.1) is 15.5 Å². The van der Waals surface area contributed by atoms with E-state index in [-0.39, 0.29) is 22.0 Å². The van der Waals surface area contributed by atoms with Crippen molar-refractivity contribution in [2.75, 3.05) is 5.32 Å². The first kappa shape index (κ1) is 22.7. The molecule has 8 heteroatoms. The van der Waals surface area contributed by atoms with E-state index in [1.165, 1.54) is 30.3 Å². The van der Waals surface area contributed by atoms with Gasteiger partial charge in [0, 0.05) is 17.8 Å². The lowest BCUT2D eigenvalue weighted by Gasteiger charge is -2.12. The number of nitrogens with one attached hydrogen (secondary N) is 2. The van der Waals surface area contributed by atoms with Crippen molar-refractivity contribution in [2.45, 2.75) is 0 Å². The standard InChI is InChI=1S/C26H18ClN3O4/c27-23-8-4-3-7-22(23)25(31)29-24(15-17-9-13-21(14-10-17)30(33)34)26(32)28-20-12-11-18-5-1-2-6-19(18)16-20/h1-16H,(H,28,32)(H,29,31)/b24-15-. The summed E-state index contributed by atoms with van der Waals surface area (Å²) in [6.07, 6.45) is 1.44. The molecule has 34 heavy (non-hydrogen) atoms. The Kier molecular flexibility index (Phi) is 6.66. The molecule has 4 aromatic carbocycles. The molecule has 4 aromatic rings. The number of amides is 2. The number of benzene rings is 4. The van der Waals surface area contributed by atoms with Crippen molar-refractivity contribution >= 4 is 51.6 Å². The third-order valence-electron chi connectivity index (χ3n) is 5.03. The van der Waals surface area contributed by atoms with Crippen molar-refractivity contribution in [1.29, 1.82) is 0 Å². The number of anilines is 1. The van der Waals surface area contributed by atoms with Gasteiger partial charge in [-0.15, -0.1) is 0 Å². The Morgan fingerprint density at radius 2 is 1.53 bits per heavy atom. The lowest BCUT2D eigenvalue weighted by molar-refractivity contribution is -0.384. The van der Waals surface area contributed by atoms with Crippen molar-refractivity contribution in [1.82, 2.24) is 5.32 Å². The molecule has 0 unspecified atom stereocenters. The van der Waals surface area contributed by atoms with Crippen molar-refractivity contribution in [2.24, 2.45) is 0 Å². The molecule has 0 aliphatic carbocycles. The highest BCUT2D eigenvalue weighted by molar-refractivity contribution is 6.34. The van der Waals surface area contributed by atoms with Crippen molar-refractivity contribution in [3.05, 3.63) is 123 Å². The van der Waals surface area contributed by atoms with Crippen LogP contribution in [0.4, 0.5) is 11.4 Å². The van der Waals surface area contributed by atoms with Gasteiger partial charge in [0.1, 0.15) is 5.70 Å². The Hall–Kier alpha value is -4.49. The van der Waals surface area contributed by atoms with Gasteiger partial charge < -0.3 is 10.6 Å². The molecule has 7 nitrogen and oxygen atoms in total. The molecule has 0 fully saturated rings. The van der Waals surface area contributed by atoms with Gasteiger partial charge in [-0.3, -0.25) is 19.7 Å². The van der Waals surface area contributed by atoms with E-state index < -0.39 is 16.7 Å². The van der Waals surface area contributed by atoms with Gasteiger partial charge in [0.25, 0.3) is 17.5 Å². The molecule has 0 radical (unpaired) electrons. The predicted molar refractivity (Wildman–Crippen MR) is 133 cm³/mol. The van der Waals surface area contributed by atoms with E-state index in [4.69, 9.17) is 11.6 Å². The van der Waals surface area contributed by atoms with Gasteiger partial charge in [-0.05, 0) is 58.8 Å². The zero-order valence-corrected chi connectivity index (χ0v) is 18.5. The number of fused-ring (bicyclic) bond motifs is 1. The predicted octanol–water partition coefficient (Wildman–Crippen LogP) is 5.81. The zero-order chi connectivity index (χ0) is 24.1. The summed E-state index contributed by atoms with van der Waals surface area (Å²) in [5.74, 6) is -1.12. The van der Waals surface area contributed by atoms with Crippen LogP contribution in [0.15, 0.2) is 96.7 Å². The van der Waals surface area contributed by atoms with E-state index in [0.717, 1.165) is 10.8 Å². The molecule has 0 spiro atoms. The highest BCUT2D eigenvalue weighted by Gasteiger charge is 2.17. The van der Waals surface area contributed by atoms with Crippen LogP contribution in [-0.4, -0.2) is 16.7 Å². The van der Waals surface area contributed by atoms with Gasteiger partial charge >= 0.3 is 0 Å². The molecule has 2 N–H and O–H groups in total. The molecular weight excluding hydrogens is 454 g/mol. The number of halogens is 1. The molecule has 168 valence electrons. The number of nitro groups is 1. The van der Waals surface area contributed by atoms with E-state index >= 15 is 0 Å². The molecular formula is C26H18ClN3O4. The van der Waals surface area contributed by atoms with Crippen LogP contribution in [0.25, 0.3) is 16.8 Å². The summed E-state index contributed by atoms with van der Waals surface area (Å²) in [7, 11) is 0. The first-order valence-electron chi connectivity index (χ1n) is 10.2. The van der Waals surface area contributed by atoms with Gasteiger partial charge in [-0.1, -0.05) is 54.1 Å². The van der Waals surface area contributed by atoms with Crippen LogP contribution < -0.4 is 10.6 Å². The number of carbonyl (C=O) groups is 2. The van der Waals surface area contributed by atoms with E-state index in [2.05, 4.69) is 10.6 Å². The Morgan fingerprint density at radius 1 is 0.853 bits per heavy atom. The fraction of sp³-hybridized carbons (Fsp3) is 0. The molecule has 0 atom stereocenters. The first-order valence-corrected chi connectivity index (χ1v) is 10.6. The molecule has 0 aliphatic heterocycles. The number of rotatable bonds is 6. The zero-order valence-electron chi connectivity index (χ0n) is 17.7. The fourth-order valence-corrected chi connectivity index (χ4v) is 3.54. The molecule has 0 heterocycles. The smallest absolute Gasteiger partial charge is 0.272 e. The van der Waals surface area contributed by atoms with Crippen molar-refractivity contribution in [3.8, 4) is 0 Å². The van der Waals surface area contributed by atoms with E-state index in [1.807, 2.05) is 36.4 Å². The first-order chi connectivity index (χ1) is 16.4. The average Bonchev–Trinajstić information content (AvgIpc) is 2.84. The monoisotopic (exact) mass is 471 g/mol. The Labute approximate surface area is 199 Å². The maximum atomic E-state index is 13.1. The molecule has 0 bridgehead atoms. The Balaban J connectivity index is 1.65. The SMILES string of the molecule is O=C(Nc1ccc2ccccc2c1)/C(=C/c1ccc([N+](=O)[O-])cc1)NC(=O)c1ccccc1Cl. The summed E-state index contributed by atoms with van der Waals surface area (Å²) in [4.78, 5) is 36.4. The van der Waals surface area contributed by atoms with Crippen LogP contribution in [0.2, 0.25) is 5.02 Å². The Morgan fingerprint density at radius 3 is 2.24 bits per heavy atom. The maximum Gasteiger partial charge on any atom is 0.272 e. The van der Waals surface area contributed by atoms with E-state index in [1.54, 1.807) is 30.3 Å². The number of nitro benzene ring substituents is 1. The molecule has 0 saturated heterocycles. The number of carbonyl (C=O) groups excluding carboxylic acids is 2. The second-order valence-electron chi connectivity index (χ2n) is 7.36. The minimum atomic E-state index is -0.563. The third kappa shape index (κ3) is 5.28. The van der Waals surface area contributed by atoms with Gasteiger partial charge in [-0.25, -0.2) is 0 Å². The normalized spacial score (nSPS) is 11.1. The molecule has 0 saturated carbocycles. The summed E-state index contributed by atoms with van der Waals surface area (Å²) >= 11 is 6.13. The molecule has 0 aromatic heterocycles. The van der Waals surface area contributed by atoms with Crippen LogP contribution in [-0.2, 0) is 4.79 Å². The maximum absolute atomic E-state index is 13.1. The summed E-state index contributed by atoms with van der Waals surface area (Å²) in [6, 6.07) is 25.3. The number of hydrogen-bond donors (Lipinski definition) is 2. The van der Waals surface area contributed by atoms with Gasteiger partial charge in [0.2, 0.25) is 0 Å². The van der Waals surface area contributed by atoms with Crippen LogP contribution >= 0.6 is 11.6 Å². The second-order valence-corrected chi connectivity index (χ2v) is 7.76. The second kappa shape index (κ2) is 9.97. The number of non-ortho nitro benzene ring substituents is 1. The van der Waals surface area contributed by atoms with Crippen LogP contribution in [0, 0.1) is 10.1 Å². The minimum absolute atomic E-state index is 0.0491. The van der Waals surface area contributed by atoms with Gasteiger partial charge in [-0.2, -0.15) is 0 Å². The average molecular weight is 472 g/mol. The number of nitrogens with zero attached hydrogens (tertiary/aromatic N) is 1. The third-order valence-corrected chi connectivity index (χ3v) is 5.36. The van der Waals surface area contributed by atoms with E-state index in [0.29, 0.717) is 11.3 Å². The highest BCUT2D eigenvalue weighted by Crippen LogP contribution is 2.21. The van der Waals surface area contributed by atoms with E-state index in [9.17, 15) is 19.7 Å². The summed E-state index contributed by atoms with van der Waals surface area (Å²) in [5.41, 5.74) is 1.11. The molecule has 2 amide bonds. The minimum Gasteiger partial charge on any atom is -0.321 e. The molecule has 0 aliphatic rings. The Bertz CT molecular complexity index is 1430. The largest absolute Gasteiger partial charge is 0.321 e. The van der Waals surface area contributed by atoms with Crippen molar-refractivity contribution in [3.63, 3.8) is 0 Å². The quantitative estimate of drug-likeness (QED) is 0.210. The van der Waals surface area contributed by atoms with Crippen LogP contribution in [0.1, 0.15) is 15.9 Å². The van der Waals surface area contributed by atoms with Crippen LogP contribution in [0.3, 0.4) is 0 Å². The van der Waals surface area contributed by atoms with Crippen molar-refractivity contribution < 1.29 is 14.5 Å². The highest BCUT2D eigenvalue weighted by atomic mass is 35.5. The fourth-order valence-electron chi connectivity index (χ4n) is 3.32. The summed E-state index contributed by atoms with van der Waals surface area (Å²) in [6.45, 7) is 0. The number of hydrogen-bond acceptors (Lipinski definition) is 4. The van der Waals surface area contributed by atoms with Gasteiger partial charge in [0.15, 0.2) is 0 Å².